The van der Waals surface area contributed by atoms with Gasteiger partial charge >= 0.3 is 0 Å². The van der Waals surface area contributed by atoms with Crippen LogP contribution >= 0.6 is 0 Å². The third-order valence-corrected chi connectivity index (χ3v) is 4.00. The van der Waals surface area contributed by atoms with Gasteiger partial charge in [-0.05, 0) is 12.1 Å². The van der Waals surface area contributed by atoms with Crippen molar-refractivity contribution in [1.29, 1.82) is 0 Å². The van der Waals surface area contributed by atoms with Crippen molar-refractivity contribution in [2.75, 3.05) is 0 Å². The van der Waals surface area contributed by atoms with Gasteiger partial charge in [-0.25, -0.2) is 0 Å². The number of pyridine rings is 2. The summed E-state index contributed by atoms with van der Waals surface area (Å²) in [4.78, 5) is 9.16. The van der Waals surface area contributed by atoms with Crippen molar-refractivity contribution in [3.8, 4) is 33.6 Å². The summed E-state index contributed by atoms with van der Waals surface area (Å²) in [5, 5.41) is 0. The first-order valence-electron chi connectivity index (χ1n) is 9.93. The van der Waals surface area contributed by atoms with Crippen molar-refractivity contribution in [3.05, 3.63) is 97.3 Å². The van der Waals surface area contributed by atoms with Gasteiger partial charge in [0.1, 0.15) is 0 Å². The van der Waals surface area contributed by atoms with Crippen molar-refractivity contribution in [2.24, 2.45) is 0 Å². The number of nitrogens with zero attached hydrogens (tertiary/aromatic N) is 2. The van der Waals surface area contributed by atoms with Gasteiger partial charge in [-0.1, -0.05) is 115 Å². The normalized spacial score (nSPS) is 8.80. The summed E-state index contributed by atoms with van der Waals surface area (Å²) in [5.74, 6) is 0. The quantitative estimate of drug-likeness (QED) is 0.343. The largest absolute Gasteiger partial charge is 0.256 e. The fourth-order valence-electron chi connectivity index (χ4n) is 2.69. The SMILES string of the molecule is C.C.CC.CC.c1ccc(-c2ccc(-c3ccc(-c4ccccc4)nc3)cn2)cc1. The molecule has 0 saturated heterocycles. The highest BCUT2D eigenvalue weighted by Crippen LogP contribution is 2.24. The second kappa shape index (κ2) is 14.7. The zero-order chi connectivity index (χ0) is 20.2. The molecular formula is C28H36N2. The molecule has 0 N–H and O–H groups in total. The van der Waals surface area contributed by atoms with E-state index in [2.05, 4.69) is 58.5 Å². The van der Waals surface area contributed by atoms with Gasteiger partial charge in [0, 0.05) is 34.6 Å². The zero-order valence-corrected chi connectivity index (χ0v) is 17.1. The van der Waals surface area contributed by atoms with Crippen LogP contribution in [0.15, 0.2) is 97.3 Å². The molecule has 4 aromatic rings. The van der Waals surface area contributed by atoms with Crippen LogP contribution in [-0.2, 0) is 0 Å². The Labute approximate surface area is 183 Å². The third-order valence-electron chi connectivity index (χ3n) is 4.00. The van der Waals surface area contributed by atoms with Gasteiger partial charge in [-0.2, -0.15) is 0 Å². The van der Waals surface area contributed by atoms with E-state index in [9.17, 15) is 0 Å². The molecule has 2 heteroatoms. The van der Waals surface area contributed by atoms with E-state index < -0.39 is 0 Å². The monoisotopic (exact) mass is 400 g/mol. The molecule has 0 unspecified atom stereocenters. The molecule has 0 aliphatic heterocycles. The van der Waals surface area contributed by atoms with Crippen molar-refractivity contribution in [2.45, 2.75) is 42.5 Å². The first kappa shape index (κ1) is 26.7. The first-order valence-corrected chi connectivity index (χ1v) is 9.93. The van der Waals surface area contributed by atoms with Crippen molar-refractivity contribution in [1.82, 2.24) is 9.97 Å². The van der Waals surface area contributed by atoms with E-state index >= 15 is 0 Å². The van der Waals surface area contributed by atoms with Gasteiger partial charge in [-0.3, -0.25) is 9.97 Å². The second-order valence-corrected chi connectivity index (χ2v) is 5.60. The summed E-state index contributed by atoms with van der Waals surface area (Å²) in [6.45, 7) is 8.00. The van der Waals surface area contributed by atoms with Crippen molar-refractivity contribution < 1.29 is 0 Å². The summed E-state index contributed by atoms with van der Waals surface area (Å²) in [7, 11) is 0. The van der Waals surface area contributed by atoms with E-state index in [4.69, 9.17) is 0 Å². The summed E-state index contributed by atoms with van der Waals surface area (Å²) in [5.41, 5.74) is 6.35. The molecule has 0 spiro atoms. The average molecular weight is 401 g/mol. The topological polar surface area (TPSA) is 25.8 Å². The Kier molecular flexibility index (Phi) is 13.1. The molecule has 0 amide bonds. The molecule has 0 bridgehead atoms. The molecule has 0 aliphatic carbocycles. The predicted octanol–water partition coefficient (Wildman–Crippen LogP) is 8.80. The van der Waals surface area contributed by atoms with Crippen LogP contribution < -0.4 is 0 Å². The lowest BCUT2D eigenvalue weighted by Gasteiger charge is -2.05. The van der Waals surface area contributed by atoms with Gasteiger partial charge in [0.15, 0.2) is 0 Å². The smallest absolute Gasteiger partial charge is 0.0702 e. The van der Waals surface area contributed by atoms with Crippen LogP contribution in [0.4, 0.5) is 0 Å². The zero-order valence-electron chi connectivity index (χ0n) is 17.1. The average Bonchev–Trinajstić information content (AvgIpc) is 2.83. The van der Waals surface area contributed by atoms with Crippen LogP contribution in [0.1, 0.15) is 42.5 Å². The maximum absolute atomic E-state index is 4.58. The molecule has 0 fully saturated rings. The molecule has 4 rings (SSSR count). The standard InChI is InChI=1S/C22H16N2.2C2H6.2CH4/c1-3-7-17(8-4-1)21-13-11-19(15-23-21)20-12-14-22(24-16-20)18-9-5-2-6-10-18;2*1-2;;/h1-16H;2*1-2H3;2*1H4. The Morgan fingerprint density at radius 2 is 0.733 bits per heavy atom. The van der Waals surface area contributed by atoms with Gasteiger partial charge in [0.25, 0.3) is 0 Å². The Morgan fingerprint density at radius 1 is 0.400 bits per heavy atom. The molecule has 2 aromatic heterocycles. The van der Waals surface area contributed by atoms with Gasteiger partial charge < -0.3 is 0 Å². The summed E-state index contributed by atoms with van der Waals surface area (Å²) in [6.07, 6.45) is 3.81. The Bertz CT molecular complexity index is 833. The minimum Gasteiger partial charge on any atom is -0.256 e. The molecule has 158 valence electrons. The second-order valence-electron chi connectivity index (χ2n) is 5.60. The minimum atomic E-state index is 0. The highest BCUT2D eigenvalue weighted by molar-refractivity contribution is 5.68. The van der Waals surface area contributed by atoms with Crippen LogP contribution in [0.2, 0.25) is 0 Å². The van der Waals surface area contributed by atoms with E-state index in [0.29, 0.717) is 0 Å². The van der Waals surface area contributed by atoms with Gasteiger partial charge in [-0.15, -0.1) is 0 Å². The molecule has 2 aromatic carbocycles. The fourth-order valence-corrected chi connectivity index (χ4v) is 2.69. The van der Waals surface area contributed by atoms with Crippen LogP contribution in [0.3, 0.4) is 0 Å². The summed E-state index contributed by atoms with van der Waals surface area (Å²) < 4.78 is 0. The lowest BCUT2D eigenvalue weighted by atomic mass is 10.1. The molecule has 0 aliphatic rings. The van der Waals surface area contributed by atoms with E-state index in [1.165, 1.54) is 0 Å². The molecule has 2 nitrogen and oxygen atoms in total. The molecule has 2 heterocycles. The van der Waals surface area contributed by atoms with Gasteiger partial charge in [0.05, 0.1) is 11.4 Å². The molecule has 0 radical (unpaired) electrons. The lowest BCUT2D eigenvalue weighted by molar-refractivity contribution is 1.30. The Morgan fingerprint density at radius 3 is 1.00 bits per heavy atom. The minimum absolute atomic E-state index is 0. The number of hydrogen-bond donors (Lipinski definition) is 0. The van der Waals surface area contributed by atoms with Gasteiger partial charge in [0.2, 0.25) is 0 Å². The van der Waals surface area contributed by atoms with Crippen LogP contribution in [0, 0.1) is 0 Å². The third kappa shape index (κ3) is 6.97. The number of rotatable bonds is 3. The highest BCUT2D eigenvalue weighted by atomic mass is 14.7. The molecule has 30 heavy (non-hydrogen) atoms. The van der Waals surface area contributed by atoms with Crippen LogP contribution in [0.5, 0.6) is 0 Å². The van der Waals surface area contributed by atoms with Crippen LogP contribution in [0.25, 0.3) is 33.6 Å². The number of benzene rings is 2. The lowest BCUT2D eigenvalue weighted by Crippen LogP contribution is -1.87. The number of hydrogen-bond acceptors (Lipinski definition) is 2. The molecule has 0 saturated carbocycles. The van der Waals surface area contributed by atoms with E-state index in [-0.39, 0.29) is 14.9 Å². The molecule has 0 atom stereocenters. The Hall–Kier alpha value is -3.26. The van der Waals surface area contributed by atoms with Crippen molar-refractivity contribution >= 4 is 0 Å². The highest BCUT2D eigenvalue weighted by Gasteiger charge is 2.03. The fraction of sp³-hybridized carbons (Fsp3) is 0.214. The molecular weight excluding hydrogens is 364 g/mol. The first-order chi connectivity index (χ1) is 13.9. The maximum atomic E-state index is 4.58. The summed E-state index contributed by atoms with van der Waals surface area (Å²) >= 11 is 0. The number of aromatic nitrogens is 2. The van der Waals surface area contributed by atoms with Crippen molar-refractivity contribution in [3.63, 3.8) is 0 Å². The van der Waals surface area contributed by atoms with E-state index in [1.54, 1.807) is 0 Å². The predicted molar refractivity (Wildman–Crippen MR) is 134 cm³/mol. The Balaban J connectivity index is 0.00000133. The van der Waals surface area contributed by atoms with E-state index in [1.807, 2.05) is 76.5 Å². The maximum Gasteiger partial charge on any atom is 0.0702 e. The van der Waals surface area contributed by atoms with Crippen LogP contribution in [-0.4, -0.2) is 9.97 Å². The summed E-state index contributed by atoms with van der Waals surface area (Å²) in [6, 6.07) is 28.7. The van der Waals surface area contributed by atoms with E-state index in [0.717, 1.165) is 33.6 Å².